The maximum absolute atomic E-state index is 0. The molecule has 0 bridgehead atoms. The first kappa shape index (κ1) is 41.9. The van der Waals surface area contributed by atoms with Crippen LogP contribution in [-0.4, -0.2) is 0 Å². The summed E-state index contributed by atoms with van der Waals surface area (Å²) in [7, 11) is 0. The first-order valence-electron chi connectivity index (χ1n) is 0. The van der Waals surface area contributed by atoms with Crippen LogP contribution in [0.2, 0.25) is 0 Å². The van der Waals surface area contributed by atoms with Crippen LogP contribution in [0, 0.1) is 0 Å². The molecule has 0 aliphatic carbocycles. The summed E-state index contributed by atoms with van der Waals surface area (Å²) in [5.41, 5.74) is 0. The van der Waals surface area contributed by atoms with E-state index >= 15 is 0 Å². The minimum Gasteiger partial charge on any atom is -1.00 e. The second-order valence-electron chi connectivity index (χ2n) is 0. The first-order valence-corrected chi connectivity index (χ1v) is 0. The summed E-state index contributed by atoms with van der Waals surface area (Å²) >= 11 is 0. The van der Waals surface area contributed by atoms with E-state index in [9.17, 15) is 0 Å². The monoisotopic (exact) mass is 257 g/mol. The molecule has 5 heteroatoms. The SMILES string of the molecule is [Fe].[H-].[Mn].[Na+].[Ni].[Zn]. The number of hydrogen-bond acceptors (Lipinski definition) is 0. The van der Waals surface area contributed by atoms with Gasteiger partial charge in [-0.1, -0.05) is 0 Å². The molecule has 0 atom stereocenters. The van der Waals surface area contributed by atoms with Crippen molar-refractivity contribution in [3.63, 3.8) is 0 Å². The van der Waals surface area contributed by atoms with Gasteiger partial charge in [0.15, 0.2) is 0 Å². The van der Waals surface area contributed by atoms with Gasteiger partial charge in [-0.2, -0.15) is 0 Å². The molecule has 0 rings (SSSR count). The third-order valence-electron chi connectivity index (χ3n) is 0. The van der Waals surface area contributed by atoms with E-state index in [0.717, 1.165) is 0 Å². The van der Waals surface area contributed by atoms with Gasteiger partial charge in [0.05, 0.1) is 0 Å². The minimum atomic E-state index is 0. The smallest absolute Gasteiger partial charge is 1.00 e. The Kier molecular flexibility index (Phi) is 228. The van der Waals surface area contributed by atoms with Gasteiger partial charge in [-0.05, 0) is 0 Å². The van der Waals surface area contributed by atoms with Crippen molar-refractivity contribution in [1.82, 2.24) is 0 Å². The van der Waals surface area contributed by atoms with Crippen LogP contribution in [0.15, 0.2) is 0 Å². The zero-order chi connectivity index (χ0) is 0. The van der Waals surface area contributed by atoms with Crippen molar-refractivity contribution in [1.29, 1.82) is 0 Å². The van der Waals surface area contributed by atoms with E-state index < -0.39 is 0 Å². The Balaban J connectivity index is 0. The molecule has 0 unspecified atom stereocenters. The Morgan fingerprint density at radius 2 is 1.20 bits per heavy atom. The predicted molar refractivity (Wildman–Crippen MR) is 1.11 cm³/mol. The van der Waals surface area contributed by atoms with E-state index in [-0.39, 0.29) is 101 Å². The van der Waals surface area contributed by atoms with Gasteiger partial charge in [0.25, 0.3) is 0 Å². The topological polar surface area (TPSA) is 0 Å². The van der Waals surface area contributed by atoms with Crippen molar-refractivity contribution in [3.05, 3.63) is 0 Å². The van der Waals surface area contributed by atoms with Crippen LogP contribution in [0.25, 0.3) is 0 Å². The van der Waals surface area contributed by atoms with E-state index in [4.69, 9.17) is 0 Å². The van der Waals surface area contributed by atoms with E-state index in [1.54, 1.807) is 0 Å². The molecule has 5 heavy (non-hydrogen) atoms. The Hall–Kier alpha value is 3.16. The zero-order valence-electron chi connectivity index (χ0n) is 3.75. The molecule has 0 nitrogen and oxygen atoms in total. The van der Waals surface area contributed by atoms with E-state index in [1.165, 1.54) is 0 Å². The summed E-state index contributed by atoms with van der Waals surface area (Å²) in [5, 5.41) is 0. The van der Waals surface area contributed by atoms with Gasteiger partial charge in [-0.15, -0.1) is 0 Å². The van der Waals surface area contributed by atoms with E-state index in [0.29, 0.717) is 0 Å². The van der Waals surface area contributed by atoms with E-state index in [1.807, 2.05) is 0 Å². The van der Waals surface area contributed by atoms with Crippen LogP contribution in [0.1, 0.15) is 1.43 Å². The Morgan fingerprint density at radius 3 is 1.20 bits per heavy atom. The average Bonchev–Trinajstić information content (AvgIpc) is 0. The van der Waals surface area contributed by atoms with Crippen LogP contribution in [0.4, 0.5) is 0 Å². The molecule has 0 spiro atoms. The molecular weight excluding hydrogens is 258 g/mol. The standard InChI is InChI=1S/Fe.Mn.Na.Ni.Zn.H/q;;+1;;;-1. The molecule has 0 aliphatic rings. The summed E-state index contributed by atoms with van der Waals surface area (Å²) in [4.78, 5) is 0. The first-order chi connectivity index (χ1) is 0. The Morgan fingerprint density at radius 1 is 1.20 bits per heavy atom. The molecule has 0 aromatic carbocycles. The average molecular weight is 259 g/mol. The zero-order valence-corrected chi connectivity index (χ0v) is 11.0. The van der Waals surface area contributed by atoms with Crippen molar-refractivity contribution in [2.75, 3.05) is 0 Å². The summed E-state index contributed by atoms with van der Waals surface area (Å²) in [6.45, 7) is 0. The normalized spacial score (nSPS) is 0. The predicted octanol–water partition coefficient (Wildman–Crippen LogP) is -2.89. The molecule has 0 saturated heterocycles. The van der Waals surface area contributed by atoms with Gasteiger partial charge in [0.2, 0.25) is 0 Å². The minimum absolute atomic E-state index is 0. The Bertz CT molecular complexity index is 15.5. The molecule has 0 aliphatic heterocycles. The van der Waals surface area contributed by atoms with Crippen LogP contribution in [0.3, 0.4) is 0 Å². The largest absolute Gasteiger partial charge is 1.00 e. The maximum atomic E-state index is 0. The second kappa shape index (κ2) is 27.2. The van der Waals surface area contributed by atoms with Gasteiger partial charge >= 0.3 is 29.6 Å². The van der Waals surface area contributed by atoms with Crippen molar-refractivity contribution in [3.8, 4) is 0 Å². The molecule has 0 aromatic rings. The van der Waals surface area contributed by atoms with E-state index in [2.05, 4.69) is 0 Å². The molecule has 0 amide bonds. The Labute approximate surface area is 99.4 Å². The fourth-order valence-electron chi connectivity index (χ4n) is 0. The van der Waals surface area contributed by atoms with Gasteiger partial charge in [0, 0.05) is 70.1 Å². The molecular formula is HFeMnNaNiZn. The third kappa shape index (κ3) is 19.1. The van der Waals surface area contributed by atoms with Crippen LogP contribution in [-0.2, 0) is 70.1 Å². The summed E-state index contributed by atoms with van der Waals surface area (Å²) in [6.07, 6.45) is 0. The van der Waals surface area contributed by atoms with Crippen molar-refractivity contribution >= 4 is 0 Å². The fraction of sp³-hybridized carbons (Fsp3) is 0. The van der Waals surface area contributed by atoms with Crippen molar-refractivity contribution in [2.24, 2.45) is 0 Å². The van der Waals surface area contributed by atoms with Gasteiger partial charge in [-0.25, -0.2) is 0 Å². The third-order valence-corrected chi connectivity index (χ3v) is 0. The number of hydrogen-bond donors (Lipinski definition) is 0. The van der Waals surface area contributed by atoms with Crippen LogP contribution >= 0.6 is 0 Å². The molecule has 0 heterocycles. The van der Waals surface area contributed by atoms with Crippen molar-refractivity contribution < 1.29 is 101 Å². The van der Waals surface area contributed by atoms with Crippen molar-refractivity contribution in [2.45, 2.75) is 0 Å². The summed E-state index contributed by atoms with van der Waals surface area (Å²) < 4.78 is 0. The molecule has 0 fully saturated rings. The van der Waals surface area contributed by atoms with Gasteiger partial charge in [-0.3, -0.25) is 0 Å². The van der Waals surface area contributed by atoms with Crippen LogP contribution < -0.4 is 29.6 Å². The number of rotatable bonds is 0. The molecule has 1 radical (unpaired) electrons. The molecule has 0 N–H and O–H groups in total. The van der Waals surface area contributed by atoms with Crippen LogP contribution in [0.5, 0.6) is 0 Å². The molecule has 0 aromatic heterocycles. The summed E-state index contributed by atoms with van der Waals surface area (Å²) in [6, 6.07) is 0. The quantitative estimate of drug-likeness (QED) is 0.409. The fourth-order valence-corrected chi connectivity index (χ4v) is 0. The summed E-state index contributed by atoms with van der Waals surface area (Å²) in [5.74, 6) is 0. The molecule has 29 valence electrons. The molecule has 0 saturated carbocycles. The second-order valence-corrected chi connectivity index (χ2v) is 0. The van der Waals surface area contributed by atoms with Gasteiger partial charge < -0.3 is 1.43 Å². The van der Waals surface area contributed by atoms with Gasteiger partial charge in [0.1, 0.15) is 0 Å². The maximum Gasteiger partial charge on any atom is 1.00 e.